The number of hydrogen-bond donors (Lipinski definition) is 0. The van der Waals surface area contributed by atoms with E-state index in [1.807, 2.05) is 12.1 Å². The normalized spacial score (nSPS) is 16.3. The van der Waals surface area contributed by atoms with Crippen LogP contribution in [0.2, 0.25) is 0 Å². The zero-order valence-electron chi connectivity index (χ0n) is 10.7. The van der Waals surface area contributed by atoms with Gasteiger partial charge in [-0.25, -0.2) is 0 Å². The molecule has 1 heterocycles. The number of nitrogens with zero attached hydrogens (tertiary/aromatic N) is 1. The zero-order chi connectivity index (χ0) is 13.1. The molecule has 2 aromatic carbocycles. The molecule has 2 nitrogen and oxygen atoms in total. The monoisotopic (exact) mass is 250 g/mol. The van der Waals surface area contributed by atoms with E-state index >= 15 is 0 Å². The average molecular weight is 250 g/mol. The zero-order valence-corrected chi connectivity index (χ0v) is 10.7. The molecule has 0 spiro atoms. The first kappa shape index (κ1) is 12.1. The molecule has 1 radical (unpaired) electrons. The number of benzene rings is 2. The van der Waals surface area contributed by atoms with E-state index in [-0.39, 0.29) is 12.0 Å². The van der Waals surface area contributed by atoms with Crippen molar-refractivity contribution in [3.8, 4) is 0 Å². The van der Waals surface area contributed by atoms with Crippen LogP contribution in [0.3, 0.4) is 0 Å². The molecule has 19 heavy (non-hydrogen) atoms. The molecule has 0 aromatic heterocycles. The third kappa shape index (κ3) is 2.45. The summed E-state index contributed by atoms with van der Waals surface area (Å²) in [7, 11) is 0. The van der Waals surface area contributed by atoms with Gasteiger partial charge < -0.3 is 0 Å². The van der Waals surface area contributed by atoms with Crippen LogP contribution in [0, 0.1) is 5.92 Å². The highest BCUT2D eigenvalue weighted by Gasteiger charge is 2.33. The highest BCUT2D eigenvalue weighted by Crippen LogP contribution is 2.33. The van der Waals surface area contributed by atoms with Gasteiger partial charge in [0.1, 0.15) is 0 Å². The van der Waals surface area contributed by atoms with Crippen LogP contribution < -0.4 is 0 Å². The van der Waals surface area contributed by atoms with Gasteiger partial charge in [0, 0.05) is 13.1 Å². The van der Waals surface area contributed by atoms with Crippen molar-refractivity contribution in [1.29, 1.82) is 0 Å². The molecule has 0 N–H and O–H groups in total. The number of carbonyl (C=O) groups excluding carboxylic acids is 1. The lowest BCUT2D eigenvalue weighted by Gasteiger charge is -2.42. The van der Waals surface area contributed by atoms with E-state index in [9.17, 15) is 4.79 Å². The van der Waals surface area contributed by atoms with Crippen molar-refractivity contribution in [2.24, 2.45) is 5.92 Å². The van der Waals surface area contributed by atoms with Crippen LogP contribution in [-0.2, 0) is 4.79 Å². The molecule has 2 heteroatoms. The fourth-order valence-corrected chi connectivity index (χ4v) is 2.68. The third-order valence-electron chi connectivity index (χ3n) is 3.67. The first-order valence-corrected chi connectivity index (χ1v) is 6.60. The summed E-state index contributed by atoms with van der Waals surface area (Å²) in [5, 5.41) is 0. The summed E-state index contributed by atoms with van der Waals surface area (Å²) in [5.41, 5.74) is 2.55. The van der Waals surface area contributed by atoms with Crippen LogP contribution in [0.4, 0.5) is 0 Å². The molecule has 0 saturated carbocycles. The van der Waals surface area contributed by atoms with E-state index in [1.54, 1.807) is 0 Å². The van der Waals surface area contributed by atoms with Crippen LogP contribution >= 0.6 is 0 Å². The van der Waals surface area contributed by atoms with Crippen LogP contribution in [-0.4, -0.2) is 24.3 Å². The predicted molar refractivity (Wildman–Crippen MR) is 75.5 cm³/mol. The Balaban J connectivity index is 1.91. The molecular formula is C17H16NO. The Morgan fingerprint density at radius 2 is 1.37 bits per heavy atom. The van der Waals surface area contributed by atoms with Gasteiger partial charge in [-0.1, -0.05) is 60.7 Å². The molecule has 1 fully saturated rings. The maximum absolute atomic E-state index is 10.7. The largest absolute Gasteiger partial charge is 0.291 e. The Morgan fingerprint density at radius 1 is 0.895 bits per heavy atom. The maximum atomic E-state index is 10.7. The lowest BCUT2D eigenvalue weighted by atomic mass is 9.91. The summed E-state index contributed by atoms with van der Waals surface area (Å²) in [6, 6.07) is 21.2. The number of likely N-dealkylation sites (tertiary alicyclic amines) is 1. The standard InChI is InChI=1S/C17H16NO/c19-13-14-11-18(12-14)17(15-7-3-1-4-8-15)16-9-5-2-6-10-16/h1-10,14,17H,11-12H2. The Kier molecular flexibility index (Phi) is 3.43. The molecule has 2 aromatic rings. The SMILES string of the molecule is O=[C]C1CN(C(c2ccccc2)c2ccccc2)C1. The van der Waals surface area contributed by atoms with Gasteiger partial charge in [-0.15, -0.1) is 0 Å². The fraction of sp³-hybridized carbons (Fsp3) is 0.235. The Labute approximate surface area is 113 Å². The van der Waals surface area contributed by atoms with Crippen LogP contribution in [0.25, 0.3) is 0 Å². The summed E-state index contributed by atoms with van der Waals surface area (Å²) in [6.45, 7) is 1.61. The van der Waals surface area contributed by atoms with Crippen molar-refractivity contribution in [2.45, 2.75) is 6.04 Å². The van der Waals surface area contributed by atoms with Crippen molar-refractivity contribution >= 4 is 6.29 Å². The van der Waals surface area contributed by atoms with Gasteiger partial charge >= 0.3 is 0 Å². The van der Waals surface area contributed by atoms with Crippen molar-refractivity contribution in [3.63, 3.8) is 0 Å². The molecule has 95 valence electrons. The molecule has 0 bridgehead atoms. The third-order valence-corrected chi connectivity index (χ3v) is 3.67. The second-order valence-electron chi connectivity index (χ2n) is 4.99. The highest BCUT2D eigenvalue weighted by molar-refractivity contribution is 5.57. The fourth-order valence-electron chi connectivity index (χ4n) is 2.68. The number of hydrogen-bond acceptors (Lipinski definition) is 2. The molecule has 3 rings (SSSR count). The van der Waals surface area contributed by atoms with E-state index < -0.39 is 0 Å². The molecule has 1 aliphatic heterocycles. The molecule has 1 saturated heterocycles. The lowest BCUT2D eigenvalue weighted by molar-refractivity contribution is 0.103. The topological polar surface area (TPSA) is 20.3 Å². The minimum Gasteiger partial charge on any atom is -0.291 e. The number of rotatable bonds is 4. The highest BCUT2D eigenvalue weighted by atomic mass is 16.1. The van der Waals surface area contributed by atoms with Gasteiger partial charge in [-0.3, -0.25) is 9.69 Å². The van der Waals surface area contributed by atoms with Crippen molar-refractivity contribution in [1.82, 2.24) is 4.90 Å². The molecule has 1 aliphatic rings. The molecule has 0 atom stereocenters. The van der Waals surface area contributed by atoms with Crippen LogP contribution in [0.5, 0.6) is 0 Å². The van der Waals surface area contributed by atoms with E-state index in [4.69, 9.17) is 0 Å². The van der Waals surface area contributed by atoms with Crippen molar-refractivity contribution in [3.05, 3.63) is 71.8 Å². The Morgan fingerprint density at radius 3 is 1.79 bits per heavy atom. The first-order valence-electron chi connectivity index (χ1n) is 6.60. The van der Waals surface area contributed by atoms with Gasteiger partial charge in [-0.2, -0.15) is 0 Å². The van der Waals surface area contributed by atoms with Crippen molar-refractivity contribution < 1.29 is 4.79 Å². The van der Waals surface area contributed by atoms with E-state index in [0.29, 0.717) is 0 Å². The second kappa shape index (κ2) is 5.37. The van der Waals surface area contributed by atoms with Crippen molar-refractivity contribution in [2.75, 3.05) is 13.1 Å². The smallest absolute Gasteiger partial charge is 0.204 e. The predicted octanol–water partition coefficient (Wildman–Crippen LogP) is 2.82. The lowest BCUT2D eigenvalue weighted by Crippen LogP contribution is -2.49. The Hall–Kier alpha value is -1.93. The summed E-state index contributed by atoms with van der Waals surface area (Å²) in [6.07, 6.45) is 2.10. The first-order chi connectivity index (χ1) is 9.38. The summed E-state index contributed by atoms with van der Waals surface area (Å²) < 4.78 is 0. The second-order valence-corrected chi connectivity index (χ2v) is 4.99. The average Bonchev–Trinajstić information content (AvgIpc) is 2.44. The summed E-state index contributed by atoms with van der Waals surface area (Å²) in [4.78, 5) is 13.0. The van der Waals surface area contributed by atoms with E-state index in [0.717, 1.165) is 13.1 Å². The van der Waals surface area contributed by atoms with E-state index in [1.165, 1.54) is 11.1 Å². The van der Waals surface area contributed by atoms with Gasteiger partial charge in [0.05, 0.1) is 12.0 Å². The molecule has 0 amide bonds. The minimum atomic E-state index is 0.0786. The van der Waals surface area contributed by atoms with Gasteiger partial charge in [0.25, 0.3) is 0 Å². The summed E-state index contributed by atoms with van der Waals surface area (Å²) in [5.74, 6) is 0.0786. The summed E-state index contributed by atoms with van der Waals surface area (Å²) >= 11 is 0. The molecular weight excluding hydrogens is 234 g/mol. The molecule has 0 unspecified atom stereocenters. The minimum absolute atomic E-state index is 0.0786. The Bertz CT molecular complexity index is 492. The van der Waals surface area contributed by atoms with Crippen LogP contribution in [0.1, 0.15) is 17.2 Å². The van der Waals surface area contributed by atoms with Crippen LogP contribution in [0.15, 0.2) is 60.7 Å². The quantitative estimate of drug-likeness (QED) is 0.831. The molecule has 0 aliphatic carbocycles. The van der Waals surface area contributed by atoms with Gasteiger partial charge in [0.15, 0.2) is 0 Å². The van der Waals surface area contributed by atoms with Gasteiger partial charge in [-0.05, 0) is 11.1 Å². The van der Waals surface area contributed by atoms with Gasteiger partial charge in [0.2, 0.25) is 6.29 Å². The van der Waals surface area contributed by atoms with E-state index in [2.05, 4.69) is 59.7 Å². The maximum Gasteiger partial charge on any atom is 0.204 e.